The molecule has 1 fully saturated rings. The lowest BCUT2D eigenvalue weighted by molar-refractivity contribution is -0.124. The van der Waals surface area contributed by atoms with Crippen LogP contribution in [0.1, 0.15) is 19.8 Å². The number of amidine groups is 1. The van der Waals surface area contributed by atoms with Crippen LogP contribution in [0.2, 0.25) is 0 Å². The second-order valence-electron chi connectivity index (χ2n) is 5.47. The normalized spacial score (nSPS) is 20.9. The maximum absolute atomic E-state index is 12.1. The van der Waals surface area contributed by atoms with Gasteiger partial charge in [-0.05, 0) is 19.8 Å². The van der Waals surface area contributed by atoms with Crippen molar-refractivity contribution in [3.63, 3.8) is 0 Å². The van der Waals surface area contributed by atoms with Crippen molar-refractivity contribution >= 4 is 28.7 Å². The van der Waals surface area contributed by atoms with Gasteiger partial charge >= 0.3 is 0 Å². The molecule has 0 bridgehead atoms. The van der Waals surface area contributed by atoms with Crippen LogP contribution in [0.15, 0.2) is 17.6 Å². The Morgan fingerprint density at radius 2 is 2.05 bits per heavy atom. The van der Waals surface area contributed by atoms with Gasteiger partial charge in [-0.1, -0.05) is 0 Å². The van der Waals surface area contributed by atoms with E-state index in [-0.39, 0.29) is 5.91 Å². The number of fused-ring (bicyclic) bond motifs is 1. The van der Waals surface area contributed by atoms with Crippen LogP contribution in [0.4, 0.5) is 5.82 Å². The van der Waals surface area contributed by atoms with Gasteiger partial charge in [-0.15, -0.1) is 0 Å². The van der Waals surface area contributed by atoms with Crippen molar-refractivity contribution in [3.8, 4) is 0 Å². The lowest BCUT2D eigenvalue weighted by Crippen LogP contribution is -2.49. The second-order valence-corrected chi connectivity index (χ2v) is 5.47. The fourth-order valence-corrected chi connectivity index (χ4v) is 3.10. The van der Waals surface area contributed by atoms with Crippen molar-refractivity contribution in [2.45, 2.75) is 25.3 Å². The lowest BCUT2D eigenvalue weighted by atomic mass is 9.88. The lowest BCUT2D eigenvalue weighted by Gasteiger charge is -2.36. The van der Waals surface area contributed by atoms with Gasteiger partial charge in [0, 0.05) is 13.1 Å². The molecule has 8 heteroatoms. The van der Waals surface area contributed by atoms with E-state index in [4.69, 9.17) is 0 Å². The van der Waals surface area contributed by atoms with Crippen molar-refractivity contribution in [2.24, 2.45) is 4.99 Å². The van der Waals surface area contributed by atoms with E-state index in [1.165, 1.54) is 6.33 Å². The van der Waals surface area contributed by atoms with Crippen LogP contribution in [0.5, 0.6) is 0 Å². The molecule has 2 aromatic rings. The molecule has 1 spiro atoms. The molecule has 0 radical (unpaired) electrons. The number of aromatic amines is 1. The van der Waals surface area contributed by atoms with E-state index >= 15 is 0 Å². The summed E-state index contributed by atoms with van der Waals surface area (Å²) in [4.78, 5) is 34.5. The standard InChI is InChI=1S/C13H15N7O/c1-8-18-12(21)13(19-8)2-4-20(5-3-13)11-9-10(15-6-14-9)16-7-17-11/h6-7H,2-5H2,1H3,(H,18,19,21)(H,14,15,16,17). The summed E-state index contributed by atoms with van der Waals surface area (Å²) in [5, 5.41) is 2.81. The van der Waals surface area contributed by atoms with Gasteiger partial charge in [0.05, 0.1) is 6.33 Å². The minimum absolute atomic E-state index is 0.0222. The molecule has 2 aliphatic rings. The first-order chi connectivity index (χ1) is 10.2. The molecule has 8 nitrogen and oxygen atoms in total. The fraction of sp³-hybridized carbons (Fsp3) is 0.462. The molecule has 21 heavy (non-hydrogen) atoms. The van der Waals surface area contributed by atoms with E-state index in [1.54, 1.807) is 6.33 Å². The Balaban J connectivity index is 1.61. The van der Waals surface area contributed by atoms with Gasteiger partial charge in [0.25, 0.3) is 5.91 Å². The van der Waals surface area contributed by atoms with Crippen LogP contribution in [0, 0.1) is 0 Å². The van der Waals surface area contributed by atoms with E-state index in [2.05, 4.69) is 35.1 Å². The zero-order chi connectivity index (χ0) is 14.4. The summed E-state index contributed by atoms with van der Waals surface area (Å²) in [7, 11) is 0. The number of amides is 1. The number of imidazole rings is 1. The number of hydrogen-bond donors (Lipinski definition) is 2. The third-order valence-corrected chi connectivity index (χ3v) is 4.19. The van der Waals surface area contributed by atoms with Crippen LogP contribution < -0.4 is 10.2 Å². The molecule has 1 amide bonds. The smallest absolute Gasteiger partial charge is 0.253 e. The number of rotatable bonds is 1. The van der Waals surface area contributed by atoms with E-state index in [0.29, 0.717) is 24.3 Å². The van der Waals surface area contributed by atoms with E-state index in [1.807, 2.05) is 6.92 Å². The van der Waals surface area contributed by atoms with Crippen LogP contribution in [0.3, 0.4) is 0 Å². The van der Waals surface area contributed by atoms with Gasteiger partial charge in [0.15, 0.2) is 11.5 Å². The highest BCUT2D eigenvalue weighted by Crippen LogP contribution is 2.32. The Kier molecular flexibility index (Phi) is 2.47. The highest BCUT2D eigenvalue weighted by Gasteiger charge is 2.45. The Labute approximate surface area is 120 Å². The Hall–Kier alpha value is -2.51. The molecule has 1 saturated heterocycles. The number of carbonyl (C=O) groups is 1. The van der Waals surface area contributed by atoms with Gasteiger partial charge in [-0.2, -0.15) is 0 Å². The van der Waals surface area contributed by atoms with E-state index in [9.17, 15) is 4.79 Å². The summed E-state index contributed by atoms with van der Waals surface area (Å²) >= 11 is 0. The van der Waals surface area contributed by atoms with Crippen LogP contribution in [-0.2, 0) is 4.79 Å². The minimum Gasteiger partial charge on any atom is -0.355 e. The first-order valence-corrected chi connectivity index (χ1v) is 6.95. The molecule has 2 aliphatic heterocycles. The number of nitrogens with one attached hydrogen (secondary N) is 2. The summed E-state index contributed by atoms with van der Waals surface area (Å²) in [5.74, 6) is 1.58. The molecule has 0 unspecified atom stereocenters. The number of nitrogens with zero attached hydrogens (tertiary/aromatic N) is 5. The van der Waals surface area contributed by atoms with Gasteiger partial charge in [-0.25, -0.2) is 15.0 Å². The molecule has 4 rings (SSSR count). The summed E-state index contributed by atoms with van der Waals surface area (Å²) in [6.07, 6.45) is 4.52. The third kappa shape index (κ3) is 1.78. The number of aromatic nitrogens is 4. The highest BCUT2D eigenvalue weighted by atomic mass is 16.2. The summed E-state index contributed by atoms with van der Waals surface area (Å²) in [6.45, 7) is 3.29. The number of carbonyl (C=O) groups excluding carboxylic acids is 1. The quantitative estimate of drug-likeness (QED) is 0.782. The zero-order valence-corrected chi connectivity index (χ0v) is 11.6. The molecule has 2 aromatic heterocycles. The highest BCUT2D eigenvalue weighted by molar-refractivity contribution is 6.07. The number of piperidine rings is 1. The molecule has 2 N–H and O–H groups in total. The largest absolute Gasteiger partial charge is 0.355 e. The monoisotopic (exact) mass is 285 g/mol. The Bertz CT molecular complexity index is 742. The van der Waals surface area contributed by atoms with Crippen molar-refractivity contribution in [1.82, 2.24) is 25.3 Å². The zero-order valence-electron chi connectivity index (χ0n) is 11.6. The van der Waals surface area contributed by atoms with Gasteiger partial charge in [0.1, 0.15) is 23.2 Å². The first kappa shape index (κ1) is 12.2. The molecular formula is C13H15N7O. The number of anilines is 1. The SMILES string of the molecule is CC1=NC2(CCN(c3ncnc4nc[nH]c34)CC2)C(=O)N1. The van der Waals surface area contributed by atoms with Crippen molar-refractivity contribution in [3.05, 3.63) is 12.7 Å². The van der Waals surface area contributed by atoms with E-state index < -0.39 is 5.54 Å². The Morgan fingerprint density at radius 3 is 2.76 bits per heavy atom. The molecule has 0 saturated carbocycles. The number of hydrogen-bond acceptors (Lipinski definition) is 6. The topological polar surface area (TPSA) is 99.2 Å². The van der Waals surface area contributed by atoms with Crippen molar-refractivity contribution < 1.29 is 4.79 Å². The van der Waals surface area contributed by atoms with Crippen molar-refractivity contribution in [1.29, 1.82) is 0 Å². The average molecular weight is 285 g/mol. The molecule has 108 valence electrons. The maximum Gasteiger partial charge on any atom is 0.253 e. The minimum atomic E-state index is -0.583. The molecular weight excluding hydrogens is 270 g/mol. The van der Waals surface area contributed by atoms with Gasteiger partial charge in [0.2, 0.25) is 0 Å². The van der Waals surface area contributed by atoms with Gasteiger partial charge < -0.3 is 15.2 Å². The number of aliphatic imine (C=N–C) groups is 1. The fourth-order valence-electron chi connectivity index (χ4n) is 3.10. The third-order valence-electron chi connectivity index (χ3n) is 4.19. The van der Waals surface area contributed by atoms with Gasteiger partial charge in [-0.3, -0.25) is 9.79 Å². The molecule has 0 aliphatic carbocycles. The Morgan fingerprint density at radius 1 is 1.24 bits per heavy atom. The molecule has 0 atom stereocenters. The molecule has 4 heterocycles. The van der Waals surface area contributed by atoms with Crippen LogP contribution in [0.25, 0.3) is 11.2 Å². The summed E-state index contributed by atoms with van der Waals surface area (Å²) < 4.78 is 0. The van der Waals surface area contributed by atoms with E-state index in [0.717, 1.165) is 24.4 Å². The predicted octanol–water partition coefficient (Wildman–Crippen LogP) is 0.240. The first-order valence-electron chi connectivity index (χ1n) is 6.95. The molecule has 0 aromatic carbocycles. The predicted molar refractivity (Wildman–Crippen MR) is 77.1 cm³/mol. The average Bonchev–Trinajstić information content (AvgIpc) is 3.05. The second kappa shape index (κ2) is 4.24. The summed E-state index contributed by atoms with van der Waals surface area (Å²) in [5.41, 5.74) is 0.914. The van der Waals surface area contributed by atoms with Crippen LogP contribution >= 0.6 is 0 Å². The summed E-state index contributed by atoms with van der Waals surface area (Å²) in [6, 6.07) is 0. The maximum atomic E-state index is 12.1. The van der Waals surface area contributed by atoms with Crippen LogP contribution in [-0.4, -0.2) is 50.3 Å². The number of H-pyrrole nitrogens is 1. The van der Waals surface area contributed by atoms with Crippen molar-refractivity contribution in [2.75, 3.05) is 18.0 Å².